The first-order valence-corrected chi connectivity index (χ1v) is 8.17. The monoisotopic (exact) mass is 312 g/mol. The van der Waals surface area contributed by atoms with Crippen molar-refractivity contribution in [3.05, 3.63) is 53.6 Å². The summed E-state index contributed by atoms with van der Waals surface area (Å²) in [6.07, 6.45) is 6.68. The Labute approximate surface area is 137 Å². The number of carbonyl (C=O) groups is 1. The molecule has 122 valence electrons. The van der Waals surface area contributed by atoms with Crippen LogP contribution in [0.15, 0.2) is 36.8 Å². The molecule has 1 fully saturated rings. The lowest BCUT2D eigenvalue weighted by atomic mass is 10.2. The molecule has 23 heavy (non-hydrogen) atoms. The van der Waals surface area contributed by atoms with Crippen LogP contribution in [0.1, 0.15) is 28.0 Å². The second-order valence-corrected chi connectivity index (χ2v) is 6.21. The van der Waals surface area contributed by atoms with E-state index in [9.17, 15) is 4.79 Å². The maximum atomic E-state index is 12.7. The Morgan fingerprint density at radius 3 is 2.78 bits per heavy atom. The number of aromatic nitrogens is 2. The second kappa shape index (κ2) is 6.96. The number of amides is 1. The molecule has 0 radical (unpaired) electrons. The third-order valence-electron chi connectivity index (χ3n) is 4.62. The molecule has 0 bridgehead atoms. The largest absolute Gasteiger partial charge is 0.354 e. The van der Waals surface area contributed by atoms with E-state index in [4.69, 9.17) is 0 Å². The summed E-state index contributed by atoms with van der Waals surface area (Å²) in [5, 5.41) is 0. The van der Waals surface area contributed by atoms with Gasteiger partial charge in [0, 0.05) is 64.1 Å². The molecule has 0 aliphatic carbocycles. The highest BCUT2D eigenvalue weighted by atomic mass is 16.2. The fourth-order valence-corrected chi connectivity index (χ4v) is 3.09. The number of aryl methyl sites for hydroxylation is 1. The highest BCUT2D eigenvalue weighted by Gasteiger charge is 2.22. The predicted octanol–water partition coefficient (Wildman–Crippen LogP) is 2.08. The van der Waals surface area contributed by atoms with Gasteiger partial charge in [0.1, 0.15) is 0 Å². The molecule has 1 amide bonds. The molecule has 0 aromatic carbocycles. The molecule has 1 saturated heterocycles. The van der Waals surface area contributed by atoms with Crippen LogP contribution in [-0.2, 0) is 13.6 Å². The van der Waals surface area contributed by atoms with E-state index in [-0.39, 0.29) is 5.91 Å². The second-order valence-electron chi connectivity index (χ2n) is 6.21. The van der Waals surface area contributed by atoms with Crippen molar-refractivity contribution in [2.24, 2.45) is 7.05 Å². The summed E-state index contributed by atoms with van der Waals surface area (Å²) in [6.45, 7) is 6.45. The van der Waals surface area contributed by atoms with Crippen molar-refractivity contribution in [1.29, 1.82) is 0 Å². The molecule has 0 N–H and O–H groups in total. The number of hydrogen-bond donors (Lipinski definition) is 0. The minimum atomic E-state index is 0.159. The third kappa shape index (κ3) is 3.62. The number of pyridine rings is 1. The van der Waals surface area contributed by atoms with Gasteiger partial charge in [-0.25, -0.2) is 0 Å². The third-order valence-corrected chi connectivity index (χ3v) is 4.62. The molecule has 0 atom stereocenters. The molecular weight excluding hydrogens is 288 g/mol. The van der Waals surface area contributed by atoms with Crippen molar-refractivity contribution in [1.82, 2.24) is 19.4 Å². The maximum absolute atomic E-state index is 12.7. The van der Waals surface area contributed by atoms with Crippen molar-refractivity contribution in [3.63, 3.8) is 0 Å². The molecule has 0 saturated carbocycles. The molecule has 2 aromatic rings. The zero-order chi connectivity index (χ0) is 16.2. The lowest BCUT2D eigenvalue weighted by Crippen LogP contribution is -2.35. The maximum Gasteiger partial charge on any atom is 0.255 e. The molecule has 1 aliphatic heterocycles. The summed E-state index contributed by atoms with van der Waals surface area (Å²) in [7, 11) is 1.98. The molecule has 5 nitrogen and oxygen atoms in total. The van der Waals surface area contributed by atoms with Gasteiger partial charge in [-0.3, -0.25) is 14.7 Å². The van der Waals surface area contributed by atoms with Crippen molar-refractivity contribution >= 4 is 5.91 Å². The molecule has 2 aromatic heterocycles. The number of carbonyl (C=O) groups excluding carboxylic acids is 1. The summed E-state index contributed by atoms with van der Waals surface area (Å²) in [5.74, 6) is 0.159. The standard InChI is InChI=1S/C18H24N4O/c1-15-17(6-10-20(15)2)18(23)22-9-4-8-21(11-12-22)14-16-5-3-7-19-13-16/h3,5-7,10,13H,4,8-9,11-12,14H2,1-2H3. The van der Waals surface area contributed by atoms with Gasteiger partial charge >= 0.3 is 0 Å². The first kappa shape index (κ1) is 15.7. The summed E-state index contributed by atoms with van der Waals surface area (Å²) >= 11 is 0. The Morgan fingerprint density at radius 1 is 1.22 bits per heavy atom. The Morgan fingerprint density at radius 2 is 2.09 bits per heavy atom. The van der Waals surface area contributed by atoms with Crippen LogP contribution in [0.4, 0.5) is 0 Å². The number of rotatable bonds is 3. The minimum absolute atomic E-state index is 0.159. The average Bonchev–Trinajstić information content (AvgIpc) is 2.77. The normalized spacial score (nSPS) is 16.3. The number of hydrogen-bond acceptors (Lipinski definition) is 3. The summed E-state index contributed by atoms with van der Waals surface area (Å²) in [4.78, 5) is 21.3. The molecule has 3 heterocycles. The summed E-state index contributed by atoms with van der Waals surface area (Å²) in [5.41, 5.74) is 3.09. The van der Waals surface area contributed by atoms with Gasteiger partial charge in [0.25, 0.3) is 5.91 Å². The van der Waals surface area contributed by atoms with Crippen molar-refractivity contribution in [2.45, 2.75) is 19.9 Å². The molecule has 0 unspecified atom stereocenters. The van der Waals surface area contributed by atoms with Gasteiger partial charge in [-0.1, -0.05) is 6.07 Å². The van der Waals surface area contributed by atoms with E-state index in [1.807, 2.05) is 48.0 Å². The number of nitrogens with zero attached hydrogens (tertiary/aromatic N) is 4. The minimum Gasteiger partial charge on any atom is -0.354 e. The SMILES string of the molecule is Cc1c(C(=O)N2CCCN(Cc3cccnc3)CC2)ccn1C. The Balaban J connectivity index is 1.62. The average molecular weight is 312 g/mol. The Kier molecular flexibility index (Phi) is 4.76. The first-order valence-electron chi connectivity index (χ1n) is 8.17. The van der Waals surface area contributed by atoms with Crippen LogP contribution in [-0.4, -0.2) is 51.4 Å². The van der Waals surface area contributed by atoms with E-state index >= 15 is 0 Å². The van der Waals surface area contributed by atoms with Crippen molar-refractivity contribution in [2.75, 3.05) is 26.2 Å². The molecular formula is C18H24N4O. The van der Waals surface area contributed by atoms with Gasteiger partial charge in [0.05, 0.1) is 5.56 Å². The van der Waals surface area contributed by atoms with Crippen LogP contribution >= 0.6 is 0 Å². The van der Waals surface area contributed by atoms with Crippen molar-refractivity contribution in [3.8, 4) is 0 Å². The van der Waals surface area contributed by atoms with E-state index < -0.39 is 0 Å². The van der Waals surface area contributed by atoms with E-state index in [1.165, 1.54) is 5.56 Å². The van der Waals surface area contributed by atoms with E-state index in [2.05, 4.69) is 16.0 Å². The molecule has 0 spiro atoms. The molecule has 3 rings (SSSR count). The van der Waals surface area contributed by atoms with Crippen LogP contribution in [0.25, 0.3) is 0 Å². The lowest BCUT2D eigenvalue weighted by Gasteiger charge is -2.22. The zero-order valence-corrected chi connectivity index (χ0v) is 13.9. The van der Waals surface area contributed by atoms with Gasteiger partial charge in [0.15, 0.2) is 0 Å². The first-order chi connectivity index (χ1) is 11.1. The van der Waals surface area contributed by atoms with E-state index in [1.54, 1.807) is 6.20 Å². The lowest BCUT2D eigenvalue weighted by molar-refractivity contribution is 0.0760. The Hall–Kier alpha value is -2.14. The van der Waals surface area contributed by atoms with E-state index in [0.29, 0.717) is 0 Å². The topological polar surface area (TPSA) is 41.4 Å². The highest BCUT2D eigenvalue weighted by Crippen LogP contribution is 2.14. The highest BCUT2D eigenvalue weighted by molar-refractivity contribution is 5.95. The zero-order valence-electron chi connectivity index (χ0n) is 13.9. The van der Waals surface area contributed by atoms with Gasteiger partial charge in [0.2, 0.25) is 0 Å². The fraction of sp³-hybridized carbons (Fsp3) is 0.444. The van der Waals surface area contributed by atoms with E-state index in [0.717, 1.165) is 50.4 Å². The molecule has 5 heteroatoms. The van der Waals surface area contributed by atoms with Crippen LogP contribution in [0, 0.1) is 6.92 Å². The Bertz CT molecular complexity index is 665. The summed E-state index contributed by atoms with van der Waals surface area (Å²) < 4.78 is 2.00. The smallest absolute Gasteiger partial charge is 0.255 e. The fourth-order valence-electron chi connectivity index (χ4n) is 3.09. The van der Waals surface area contributed by atoms with Crippen LogP contribution in [0.3, 0.4) is 0 Å². The van der Waals surface area contributed by atoms with Crippen LogP contribution in [0.2, 0.25) is 0 Å². The van der Waals surface area contributed by atoms with Gasteiger partial charge in [-0.15, -0.1) is 0 Å². The van der Waals surface area contributed by atoms with Gasteiger partial charge < -0.3 is 9.47 Å². The molecule has 1 aliphatic rings. The van der Waals surface area contributed by atoms with Crippen molar-refractivity contribution < 1.29 is 4.79 Å². The summed E-state index contributed by atoms with van der Waals surface area (Å²) in [6, 6.07) is 6.01. The van der Waals surface area contributed by atoms with Gasteiger partial charge in [-0.05, 0) is 31.0 Å². The predicted molar refractivity (Wildman–Crippen MR) is 90.2 cm³/mol. The van der Waals surface area contributed by atoms with Gasteiger partial charge in [-0.2, -0.15) is 0 Å². The van der Waals surface area contributed by atoms with Crippen LogP contribution < -0.4 is 0 Å². The quantitative estimate of drug-likeness (QED) is 0.871. The van der Waals surface area contributed by atoms with Crippen LogP contribution in [0.5, 0.6) is 0 Å².